The van der Waals surface area contributed by atoms with Crippen LogP contribution in [-0.4, -0.2) is 128 Å². The second kappa shape index (κ2) is 33.2. The molecule has 7 aromatic rings. The summed E-state index contributed by atoms with van der Waals surface area (Å²) in [5.41, 5.74) is 1.85. The number of unbranched alkanes of at least 4 members (excludes halogenated alkanes) is 1. The molecule has 400 valence electrons. The molecular formula is C50H62N6O18. The lowest BCUT2D eigenvalue weighted by Gasteiger charge is -2.11. The highest BCUT2D eigenvalue weighted by molar-refractivity contribution is 5.87. The Bertz CT molecular complexity index is 2740. The maximum Gasteiger partial charge on any atom is 0.355 e. The molecule has 6 aromatic heterocycles. The van der Waals surface area contributed by atoms with Gasteiger partial charge in [-0.15, -0.1) is 0 Å². The number of rotatable bonds is 21. The topological polar surface area (TPSA) is 309 Å². The molecule has 0 spiro atoms. The van der Waals surface area contributed by atoms with E-state index in [1.165, 1.54) is 78.1 Å². The van der Waals surface area contributed by atoms with Crippen LogP contribution in [0.2, 0.25) is 0 Å². The van der Waals surface area contributed by atoms with Crippen LogP contribution in [0, 0.1) is 0 Å². The van der Waals surface area contributed by atoms with Gasteiger partial charge in [-0.05, 0) is 112 Å². The van der Waals surface area contributed by atoms with E-state index in [9.17, 15) is 28.8 Å². The highest BCUT2D eigenvalue weighted by Gasteiger charge is 2.13. The summed E-state index contributed by atoms with van der Waals surface area (Å²) in [6, 6.07) is 28.3. The van der Waals surface area contributed by atoms with Crippen LogP contribution in [0.3, 0.4) is 0 Å². The van der Waals surface area contributed by atoms with Crippen molar-refractivity contribution < 1.29 is 88.4 Å². The molecule has 0 aliphatic carbocycles. The molecule has 0 fully saturated rings. The molecule has 0 aliphatic heterocycles. The van der Waals surface area contributed by atoms with Gasteiger partial charge in [0.15, 0.2) is 34.2 Å². The van der Waals surface area contributed by atoms with E-state index in [2.05, 4.69) is 11.8 Å². The second-order valence-electron chi connectivity index (χ2n) is 14.7. The highest BCUT2D eigenvalue weighted by Crippen LogP contribution is 2.06. The first-order valence-electron chi connectivity index (χ1n) is 22.6. The van der Waals surface area contributed by atoms with E-state index in [1.807, 2.05) is 51.1 Å². The maximum atomic E-state index is 10.8. The zero-order chi connectivity index (χ0) is 55.0. The van der Waals surface area contributed by atoms with E-state index in [4.69, 9.17) is 54.8 Å². The van der Waals surface area contributed by atoms with E-state index < -0.39 is 35.8 Å². The van der Waals surface area contributed by atoms with Crippen LogP contribution in [0.4, 0.5) is 0 Å². The van der Waals surface area contributed by atoms with Crippen LogP contribution in [0.25, 0.3) is 0 Å². The van der Waals surface area contributed by atoms with E-state index >= 15 is 0 Å². The van der Waals surface area contributed by atoms with Crippen LogP contribution in [0.5, 0.6) is 0 Å². The molecule has 1 aromatic carbocycles. The smallest absolute Gasteiger partial charge is 0.355 e. The fraction of sp³-hybridized carbons (Fsp3) is 0.280. The number of aromatic carboxylic acids is 6. The molecule has 74 heavy (non-hydrogen) atoms. The Morgan fingerprint density at radius 2 is 0.757 bits per heavy atom. The average Bonchev–Trinajstić information content (AvgIpc) is 4.23. The van der Waals surface area contributed by atoms with E-state index in [-0.39, 0.29) is 40.3 Å². The standard InChI is InChI=1S/C12H11NO3.C9H13NO3.2C8H11NO3.C7H9NO3.C6H7NO3/c14-12(15)11-7-4-8-13(11)16-9-10-5-2-1-3-6-10;1-2-3-7-13-10-6-4-5-8(10)9(11)12;1-6(2)12-9-5-3-4-7(9)8(10)11;1-2-6-12-9-5-3-4-7(9)8(10)11;1-2-11-8-5-3-4-6(8)7(9)10;1-10-7-4-2-3-5(7)6(8)9/h1-8H,9H2,(H,14,15);4-6H,2-3,7H2,1H3,(H,11,12);3-6H,1-2H3,(H,10,11);3-5H,2,6H2,1H3,(H,10,11);3-5H,2H2,1H3,(H,9,10);2-4H,1H3,(H,8,9). The number of nitrogens with zero attached hydrogens (tertiary/aromatic N) is 6. The van der Waals surface area contributed by atoms with Gasteiger partial charge in [0.05, 0.1) is 0 Å². The lowest BCUT2D eigenvalue weighted by Crippen LogP contribution is -2.21. The third kappa shape index (κ3) is 21.3. The summed E-state index contributed by atoms with van der Waals surface area (Å²) < 4.78 is 7.50. The number of carboxylic acid groups (broad SMARTS) is 6. The van der Waals surface area contributed by atoms with Crippen LogP contribution in [0.15, 0.2) is 140 Å². The summed E-state index contributed by atoms with van der Waals surface area (Å²) in [7, 11) is 1.41. The van der Waals surface area contributed by atoms with Crippen LogP contribution >= 0.6 is 0 Å². The average molecular weight is 1040 g/mol. The van der Waals surface area contributed by atoms with Gasteiger partial charge in [0.1, 0.15) is 39.6 Å². The summed E-state index contributed by atoms with van der Waals surface area (Å²) in [5.74, 6) is -5.91. The molecule has 0 saturated carbocycles. The fourth-order valence-corrected chi connectivity index (χ4v) is 5.47. The van der Waals surface area contributed by atoms with Crippen molar-refractivity contribution in [3.05, 3.63) is 180 Å². The molecule has 7 rings (SSSR count). The van der Waals surface area contributed by atoms with E-state index in [0.29, 0.717) is 26.4 Å². The second-order valence-corrected chi connectivity index (χ2v) is 14.7. The van der Waals surface area contributed by atoms with E-state index in [1.54, 1.807) is 74.3 Å². The maximum absolute atomic E-state index is 10.8. The Morgan fingerprint density at radius 1 is 0.419 bits per heavy atom. The molecule has 0 unspecified atom stereocenters. The monoisotopic (exact) mass is 1030 g/mol. The predicted octanol–water partition coefficient (Wildman–Crippen LogP) is 6.16. The van der Waals surface area contributed by atoms with Crippen molar-refractivity contribution >= 4 is 35.8 Å². The van der Waals surface area contributed by atoms with Crippen LogP contribution < -0.4 is 29.0 Å². The third-order valence-corrected chi connectivity index (χ3v) is 8.76. The summed E-state index contributed by atoms with van der Waals surface area (Å²) in [6.45, 7) is 11.4. The highest BCUT2D eigenvalue weighted by atomic mass is 16.7. The van der Waals surface area contributed by atoms with Crippen LogP contribution in [-0.2, 0) is 6.61 Å². The van der Waals surface area contributed by atoms with Crippen molar-refractivity contribution in [2.75, 3.05) is 26.9 Å². The molecule has 6 heterocycles. The quantitative estimate of drug-likeness (QED) is 0.0439. The molecule has 0 bridgehead atoms. The Balaban J connectivity index is 0.000000306. The van der Waals surface area contributed by atoms with E-state index in [0.717, 1.165) is 24.8 Å². The molecule has 0 amide bonds. The number of hydrogen-bond acceptors (Lipinski definition) is 12. The normalized spacial score (nSPS) is 9.82. The number of hydrogen-bond donors (Lipinski definition) is 6. The lowest BCUT2D eigenvalue weighted by molar-refractivity contribution is 0.0426. The Kier molecular flexibility index (Phi) is 27.2. The van der Waals surface area contributed by atoms with Gasteiger partial charge in [-0.2, -0.15) is 28.4 Å². The fourth-order valence-electron chi connectivity index (χ4n) is 5.47. The van der Waals surface area contributed by atoms with Crippen LogP contribution in [0.1, 0.15) is 122 Å². The number of benzene rings is 1. The van der Waals surface area contributed by atoms with Gasteiger partial charge in [-0.1, -0.05) is 50.6 Å². The first-order chi connectivity index (χ1) is 35.4. The SMILES string of the molecule is CC(C)On1cccc1C(=O)O.CCCCOn1cccc1C(=O)O.CCCOn1cccc1C(=O)O.CCOn1cccc1C(=O)O.COn1cccc1C(=O)O.O=C(O)c1cccn1OCc1ccccc1. The molecular weight excluding hydrogens is 973 g/mol. The third-order valence-electron chi connectivity index (χ3n) is 8.76. The number of carboxylic acids is 6. The zero-order valence-electron chi connectivity index (χ0n) is 41.6. The van der Waals surface area contributed by atoms with Gasteiger partial charge in [0, 0.05) is 37.2 Å². The minimum Gasteiger partial charge on any atom is -0.476 e. The Morgan fingerprint density at radius 3 is 1.09 bits per heavy atom. The molecule has 24 nitrogen and oxygen atoms in total. The molecule has 6 N–H and O–H groups in total. The van der Waals surface area contributed by atoms with Crippen molar-refractivity contribution in [1.29, 1.82) is 0 Å². The predicted molar refractivity (Wildman–Crippen MR) is 265 cm³/mol. The summed E-state index contributed by atoms with van der Waals surface area (Å²) in [5, 5.41) is 51.9. The van der Waals surface area contributed by atoms with Crippen molar-refractivity contribution in [2.24, 2.45) is 0 Å². The largest absolute Gasteiger partial charge is 0.476 e. The van der Waals surface area contributed by atoms with Gasteiger partial charge in [0.2, 0.25) is 0 Å². The van der Waals surface area contributed by atoms with Gasteiger partial charge in [0.25, 0.3) is 0 Å². The van der Waals surface area contributed by atoms with Gasteiger partial charge in [-0.3, -0.25) is 0 Å². The first-order valence-corrected chi connectivity index (χ1v) is 22.6. The Labute approximate surface area is 425 Å². The van der Waals surface area contributed by atoms with Crippen molar-refractivity contribution in [1.82, 2.24) is 28.4 Å². The van der Waals surface area contributed by atoms with Crippen molar-refractivity contribution in [2.45, 2.75) is 66.6 Å². The number of carbonyl (C=O) groups is 6. The summed E-state index contributed by atoms with van der Waals surface area (Å²) >= 11 is 0. The minimum absolute atomic E-state index is 0.0319. The summed E-state index contributed by atoms with van der Waals surface area (Å²) in [6.07, 6.45) is 12.2. The molecule has 24 heteroatoms. The van der Waals surface area contributed by atoms with Gasteiger partial charge in [-0.25, -0.2) is 28.8 Å². The first kappa shape index (κ1) is 60.6. The molecule has 0 radical (unpaired) electrons. The zero-order valence-corrected chi connectivity index (χ0v) is 41.6. The van der Waals surface area contributed by atoms with Crippen molar-refractivity contribution in [3.63, 3.8) is 0 Å². The Hall–Kier alpha value is -9.48. The minimum atomic E-state index is -1.00. The molecule has 0 atom stereocenters. The summed E-state index contributed by atoms with van der Waals surface area (Å²) in [4.78, 5) is 93.9. The van der Waals surface area contributed by atoms with Gasteiger partial charge < -0.3 is 59.7 Å². The van der Waals surface area contributed by atoms with Gasteiger partial charge >= 0.3 is 35.8 Å². The lowest BCUT2D eigenvalue weighted by atomic mass is 10.2. The number of aromatic nitrogens is 6. The molecule has 0 saturated heterocycles. The van der Waals surface area contributed by atoms with Crippen molar-refractivity contribution in [3.8, 4) is 0 Å². The molecule has 0 aliphatic rings.